The van der Waals surface area contributed by atoms with Crippen LogP contribution in [0.15, 0.2) is 22.9 Å². The molecular formula is C24H32Cl2N4O2S2. The molecule has 10 heteroatoms. The molecule has 6 nitrogen and oxygen atoms in total. The van der Waals surface area contributed by atoms with Gasteiger partial charge in [0.05, 0.1) is 12.2 Å². The molecule has 3 heterocycles. The maximum absolute atomic E-state index is 12.6. The number of halogens is 2. The number of aryl methyl sites for hydroxylation is 1. The number of pyridine rings is 1. The molecule has 1 amide bonds. The highest BCUT2D eigenvalue weighted by molar-refractivity contribution is 7.80. The number of hydrogen-bond donors (Lipinski definition) is 1. The number of aromatic nitrogens is 1. The molecule has 1 aliphatic rings. The van der Waals surface area contributed by atoms with E-state index in [2.05, 4.69) is 43.9 Å². The molecular weight excluding hydrogens is 511 g/mol. The highest BCUT2D eigenvalue weighted by atomic mass is 35.5. The largest absolute Gasteiger partial charge is 0.378 e. The zero-order chi connectivity index (χ0) is 24.7. The van der Waals surface area contributed by atoms with E-state index in [1.54, 1.807) is 31.4 Å². The van der Waals surface area contributed by atoms with Crippen molar-refractivity contribution in [3.05, 3.63) is 49.9 Å². The van der Waals surface area contributed by atoms with Gasteiger partial charge in [0, 0.05) is 45.4 Å². The number of carbonyl (C=O) groups excluding carboxylic acids is 1. The van der Waals surface area contributed by atoms with Crippen molar-refractivity contribution in [1.29, 1.82) is 0 Å². The first kappa shape index (κ1) is 27.3. The fourth-order valence-corrected chi connectivity index (χ4v) is 5.99. The van der Waals surface area contributed by atoms with E-state index < -0.39 is 0 Å². The van der Waals surface area contributed by atoms with Crippen molar-refractivity contribution in [2.75, 3.05) is 33.4 Å². The summed E-state index contributed by atoms with van der Waals surface area (Å²) in [5, 5.41) is 7.69. The molecule has 1 N–H and O–H groups in total. The minimum absolute atomic E-state index is 0.135. The standard InChI is InChI=1S/C24H32Cl2N4O2S2/c1-16-12-20(25)28-23(26)22(16)24(31)27-8-4-17(2)29-9-5-19(6-10-29)30(21(33)14-32-3)13-18-7-11-34-15-18/h7,11-12,15,17,19H,4-6,8-10,13-14H2,1-3H3,(H,27,31)/t17-/m1/s1. The van der Waals surface area contributed by atoms with Gasteiger partial charge in [-0.25, -0.2) is 4.98 Å². The molecule has 1 atom stereocenters. The van der Waals surface area contributed by atoms with Gasteiger partial charge in [0.2, 0.25) is 0 Å². The third kappa shape index (κ3) is 7.35. The van der Waals surface area contributed by atoms with Crippen molar-refractivity contribution >= 4 is 57.7 Å². The number of nitrogens with zero attached hydrogens (tertiary/aromatic N) is 3. The molecule has 1 aliphatic heterocycles. The van der Waals surface area contributed by atoms with Crippen molar-refractivity contribution < 1.29 is 9.53 Å². The first-order chi connectivity index (χ1) is 16.3. The van der Waals surface area contributed by atoms with Crippen molar-refractivity contribution in [3.8, 4) is 0 Å². The second-order valence-corrected chi connectivity index (χ2v) is 10.7. The summed E-state index contributed by atoms with van der Waals surface area (Å²) in [6.07, 6.45) is 2.96. The molecule has 1 fully saturated rings. The van der Waals surface area contributed by atoms with Crippen molar-refractivity contribution in [1.82, 2.24) is 20.1 Å². The summed E-state index contributed by atoms with van der Waals surface area (Å²) < 4.78 is 5.33. The Morgan fingerprint density at radius 3 is 2.76 bits per heavy atom. The van der Waals surface area contributed by atoms with Gasteiger partial charge in [-0.15, -0.1) is 0 Å². The van der Waals surface area contributed by atoms with E-state index >= 15 is 0 Å². The van der Waals surface area contributed by atoms with Crippen molar-refractivity contribution in [3.63, 3.8) is 0 Å². The van der Waals surface area contributed by atoms with Crippen molar-refractivity contribution in [2.45, 2.75) is 51.7 Å². The van der Waals surface area contributed by atoms with Gasteiger partial charge in [-0.05, 0) is 67.1 Å². The molecule has 0 saturated carbocycles. The highest BCUT2D eigenvalue weighted by Gasteiger charge is 2.28. The topological polar surface area (TPSA) is 57.7 Å². The van der Waals surface area contributed by atoms with Crippen LogP contribution in [0.2, 0.25) is 10.3 Å². The highest BCUT2D eigenvalue weighted by Crippen LogP contribution is 2.24. The van der Waals surface area contributed by atoms with E-state index in [1.165, 1.54) is 5.56 Å². The summed E-state index contributed by atoms with van der Waals surface area (Å²) in [6.45, 7) is 7.90. The third-order valence-electron chi connectivity index (χ3n) is 6.30. The quantitative estimate of drug-likeness (QED) is 0.328. The van der Waals surface area contributed by atoms with Gasteiger partial charge in [0.25, 0.3) is 5.91 Å². The van der Waals surface area contributed by atoms with Gasteiger partial charge in [-0.1, -0.05) is 35.4 Å². The van der Waals surface area contributed by atoms with Crippen LogP contribution in [0, 0.1) is 6.92 Å². The van der Waals surface area contributed by atoms with Crippen LogP contribution in [-0.2, 0) is 11.3 Å². The molecule has 3 rings (SSSR count). The number of likely N-dealkylation sites (tertiary alicyclic amines) is 1. The molecule has 0 spiro atoms. The molecule has 2 aromatic heterocycles. The smallest absolute Gasteiger partial charge is 0.254 e. The summed E-state index contributed by atoms with van der Waals surface area (Å²) in [7, 11) is 1.69. The Morgan fingerprint density at radius 2 is 2.15 bits per heavy atom. The monoisotopic (exact) mass is 542 g/mol. The Balaban J connectivity index is 1.48. The molecule has 1 saturated heterocycles. The summed E-state index contributed by atoms with van der Waals surface area (Å²) in [5.41, 5.74) is 2.40. The summed E-state index contributed by atoms with van der Waals surface area (Å²) in [4.78, 5) is 22.3. The first-order valence-corrected chi connectivity index (χ1v) is 13.5. The van der Waals surface area contributed by atoms with Crippen LogP contribution < -0.4 is 5.32 Å². The number of rotatable bonds is 10. The van der Waals surface area contributed by atoms with Gasteiger partial charge in [0.15, 0.2) is 0 Å². The van der Waals surface area contributed by atoms with Crippen LogP contribution in [0.25, 0.3) is 0 Å². The molecule has 186 valence electrons. The summed E-state index contributed by atoms with van der Waals surface area (Å²) in [6, 6.07) is 4.58. The Bertz CT molecular complexity index is 943. The molecule has 0 bridgehead atoms. The van der Waals surface area contributed by atoms with Gasteiger partial charge < -0.3 is 19.9 Å². The number of ether oxygens (including phenoxy) is 1. The van der Waals surface area contributed by atoms with E-state index in [0.29, 0.717) is 30.8 Å². The zero-order valence-electron chi connectivity index (χ0n) is 19.9. The van der Waals surface area contributed by atoms with Crippen LogP contribution in [0.3, 0.4) is 0 Å². The lowest BCUT2D eigenvalue weighted by Crippen LogP contribution is -2.49. The average Bonchev–Trinajstić information content (AvgIpc) is 3.30. The molecule has 2 aromatic rings. The number of nitrogens with one attached hydrogen (secondary N) is 1. The zero-order valence-corrected chi connectivity index (χ0v) is 23.0. The van der Waals surface area contributed by atoms with Gasteiger partial charge >= 0.3 is 0 Å². The van der Waals surface area contributed by atoms with Crippen LogP contribution in [0.4, 0.5) is 0 Å². The van der Waals surface area contributed by atoms with Crippen LogP contribution in [0.1, 0.15) is 47.7 Å². The Hall–Kier alpha value is -1.29. The lowest BCUT2D eigenvalue weighted by atomic mass is 10.00. The normalized spacial score (nSPS) is 15.8. The fourth-order valence-electron chi connectivity index (χ4n) is 4.38. The Morgan fingerprint density at radius 1 is 1.41 bits per heavy atom. The number of piperidine rings is 1. The molecule has 0 radical (unpaired) electrons. The predicted octanol–water partition coefficient (Wildman–Crippen LogP) is 5.21. The number of thiophene rings is 1. The summed E-state index contributed by atoms with van der Waals surface area (Å²) in [5.74, 6) is -0.215. The third-order valence-corrected chi connectivity index (χ3v) is 7.85. The maximum atomic E-state index is 12.6. The molecule has 0 aromatic carbocycles. The molecule has 0 unspecified atom stereocenters. The van der Waals surface area contributed by atoms with E-state index in [1.807, 2.05) is 0 Å². The second kappa shape index (κ2) is 13.1. The number of amides is 1. The van der Waals surface area contributed by atoms with Crippen molar-refractivity contribution in [2.24, 2.45) is 0 Å². The fraction of sp³-hybridized carbons (Fsp3) is 0.542. The second-order valence-electron chi connectivity index (χ2n) is 8.67. The number of hydrogen-bond acceptors (Lipinski definition) is 6. The lowest BCUT2D eigenvalue weighted by Gasteiger charge is -2.41. The Labute approximate surface area is 221 Å². The van der Waals surface area contributed by atoms with Gasteiger partial charge in [0.1, 0.15) is 15.3 Å². The van der Waals surface area contributed by atoms with Gasteiger partial charge in [-0.2, -0.15) is 11.3 Å². The van der Waals surface area contributed by atoms with Crippen LogP contribution in [-0.4, -0.2) is 71.1 Å². The maximum Gasteiger partial charge on any atom is 0.254 e. The number of thiocarbonyl (C=S) groups is 1. The van der Waals surface area contributed by atoms with Crippen LogP contribution >= 0.6 is 46.8 Å². The molecule has 34 heavy (non-hydrogen) atoms. The van der Waals surface area contributed by atoms with E-state index in [-0.39, 0.29) is 16.2 Å². The minimum atomic E-state index is -0.215. The average molecular weight is 544 g/mol. The number of methoxy groups -OCH3 is 1. The van der Waals surface area contributed by atoms with Crippen LogP contribution in [0.5, 0.6) is 0 Å². The van der Waals surface area contributed by atoms with E-state index in [0.717, 1.165) is 49.4 Å². The number of carbonyl (C=O) groups is 1. The lowest BCUT2D eigenvalue weighted by molar-refractivity contribution is 0.0933. The summed E-state index contributed by atoms with van der Waals surface area (Å²) >= 11 is 19.4. The van der Waals surface area contributed by atoms with E-state index in [9.17, 15) is 4.79 Å². The van der Waals surface area contributed by atoms with Gasteiger partial charge in [-0.3, -0.25) is 4.79 Å². The first-order valence-electron chi connectivity index (χ1n) is 11.4. The Kier molecular flexibility index (Phi) is 10.5. The molecule has 0 aliphatic carbocycles. The van der Waals surface area contributed by atoms with E-state index in [4.69, 9.17) is 40.2 Å². The predicted molar refractivity (Wildman–Crippen MR) is 144 cm³/mol. The minimum Gasteiger partial charge on any atom is -0.378 e. The SMILES string of the molecule is COCC(=S)N(Cc1ccsc1)C1CCN([C@H](C)CCNC(=O)c2c(C)cc(Cl)nc2Cl)CC1.